The summed E-state index contributed by atoms with van der Waals surface area (Å²) in [6.45, 7) is 12.1. The number of benzene rings is 2. The number of amides is 3. The molecule has 3 amide bonds. The van der Waals surface area contributed by atoms with E-state index in [2.05, 4.69) is 35.0 Å². The van der Waals surface area contributed by atoms with E-state index < -0.39 is 0 Å². The van der Waals surface area contributed by atoms with Gasteiger partial charge in [0.15, 0.2) is 0 Å². The third-order valence-electron chi connectivity index (χ3n) is 9.24. The lowest BCUT2D eigenvalue weighted by Crippen LogP contribution is -2.53. The minimum Gasteiger partial charge on any atom is -0.337 e. The van der Waals surface area contributed by atoms with Gasteiger partial charge in [0.05, 0.1) is 6.42 Å². The predicted octanol–water partition coefficient (Wildman–Crippen LogP) is 5.21. The van der Waals surface area contributed by atoms with E-state index in [4.69, 9.17) is 0 Å². The molecule has 2 unspecified atom stereocenters. The molecule has 1 aliphatic heterocycles. The number of anilines is 1. The normalized spacial score (nSPS) is 22.3. The molecule has 2 atom stereocenters. The highest BCUT2D eigenvalue weighted by molar-refractivity contribution is 5.90. The minimum absolute atomic E-state index is 0.0377. The van der Waals surface area contributed by atoms with Crippen molar-refractivity contribution in [3.05, 3.63) is 77.4 Å². The Hall–Kier alpha value is -3.12. The van der Waals surface area contributed by atoms with Gasteiger partial charge in [-0.05, 0) is 54.2 Å². The largest absolute Gasteiger partial charge is 0.337 e. The van der Waals surface area contributed by atoms with Crippen molar-refractivity contribution in [1.82, 2.24) is 14.7 Å². The van der Waals surface area contributed by atoms with E-state index in [1.54, 1.807) is 0 Å². The molecular formula is C32H42N4O2. The van der Waals surface area contributed by atoms with Crippen molar-refractivity contribution in [3.63, 3.8) is 0 Å². The van der Waals surface area contributed by atoms with Gasteiger partial charge in [0, 0.05) is 51.5 Å². The standard InChI is InChI=1S/C32H42N4O2/c1-24-9-7-8-12-29(24)33-31(38)35-18-15-34(16-19-35)17-20-36(30(37)21-25-10-5-4-6-11-25)23-26-13-14-27-22-28(26)32(27,2)3/h4-13,27-28H,14-23H2,1-3H3,(H,33,38). The first-order valence-corrected chi connectivity index (χ1v) is 14.2. The Kier molecular flexibility index (Phi) is 7.89. The van der Waals surface area contributed by atoms with Gasteiger partial charge in [-0.1, -0.05) is 74.0 Å². The molecule has 2 aromatic rings. The number of rotatable bonds is 8. The number of allylic oxidation sites excluding steroid dienone is 1. The zero-order chi connectivity index (χ0) is 26.7. The summed E-state index contributed by atoms with van der Waals surface area (Å²) in [4.78, 5) is 32.7. The van der Waals surface area contributed by atoms with Crippen LogP contribution in [-0.4, -0.2) is 72.5 Å². The van der Waals surface area contributed by atoms with Gasteiger partial charge >= 0.3 is 6.03 Å². The van der Waals surface area contributed by atoms with Crippen LogP contribution in [0.2, 0.25) is 0 Å². The predicted molar refractivity (Wildman–Crippen MR) is 153 cm³/mol. The van der Waals surface area contributed by atoms with E-state index in [0.29, 0.717) is 30.8 Å². The monoisotopic (exact) mass is 514 g/mol. The van der Waals surface area contributed by atoms with Gasteiger partial charge in [0.1, 0.15) is 0 Å². The quantitative estimate of drug-likeness (QED) is 0.492. The first kappa shape index (κ1) is 26.5. The van der Waals surface area contributed by atoms with E-state index in [9.17, 15) is 9.59 Å². The van der Waals surface area contributed by atoms with Crippen molar-refractivity contribution in [2.45, 2.75) is 40.0 Å². The summed E-state index contributed by atoms with van der Waals surface area (Å²) in [5, 5.41) is 3.05. The molecule has 1 N–H and O–H groups in total. The fourth-order valence-corrected chi connectivity index (χ4v) is 6.39. The van der Waals surface area contributed by atoms with Crippen molar-refractivity contribution >= 4 is 17.6 Å². The van der Waals surface area contributed by atoms with Crippen molar-refractivity contribution in [3.8, 4) is 0 Å². The van der Waals surface area contributed by atoms with Crippen LogP contribution in [0.25, 0.3) is 0 Å². The average molecular weight is 515 g/mol. The maximum absolute atomic E-state index is 13.5. The Labute approximate surface area is 227 Å². The molecular weight excluding hydrogens is 472 g/mol. The van der Waals surface area contributed by atoms with E-state index in [0.717, 1.165) is 61.9 Å². The number of piperazine rings is 1. The summed E-state index contributed by atoms with van der Waals surface area (Å²) < 4.78 is 0. The molecule has 3 aliphatic carbocycles. The molecule has 6 rings (SSSR count). The summed E-state index contributed by atoms with van der Waals surface area (Å²) in [7, 11) is 0. The molecule has 0 spiro atoms. The summed E-state index contributed by atoms with van der Waals surface area (Å²) in [5.74, 6) is 1.60. The number of carbonyl (C=O) groups is 2. The van der Waals surface area contributed by atoms with Crippen LogP contribution >= 0.6 is 0 Å². The van der Waals surface area contributed by atoms with E-state index in [-0.39, 0.29) is 11.9 Å². The fraction of sp³-hybridized carbons (Fsp3) is 0.500. The van der Waals surface area contributed by atoms with Gasteiger partial charge in [-0.3, -0.25) is 9.69 Å². The Morgan fingerprint density at radius 2 is 1.71 bits per heavy atom. The molecule has 6 nitrogen and oxygen atoms in total. The van der Waals surface area contributed by atoms with Gasteiger partial charge in [-0.25, -0.2) is 4.79 Å². The van der Waals surface area contributed by atoms with Gasteiger partial charge in [-0.15, -0.1) is 0 Å². The number of nitrogens with zero attached hydrogens (tertiary/aromatic N) is 3. The van der Waals surface area contributed by atoms with Gasteiger partial charge in [0.25, 0.3) is 0 Å². The van der Waals surface area contributed by atoms with E-state index >= 15 is 0 Å². The number of urea groups is 1. The van der Waals surface area contributed by atoms with Crippen molar-refractivity contribution in [1.29, 1.82) is 0 Å². The Morgan fingerprint density at radius 1 is 1.00 bits per heavy atom. The molecule has 1 saturated carbocycles. The van der Waals surface area contributed by atoms with Crippen LogP contribution in [0.3, 0.4) is 0 Å². The molecule has 4 aliphatic rings. The summed E-state index contributed by atoms with van der Waals surface area (Å²) in [6.07, 6.45) is 5.27. The molecule has 202 valence electrons. The zero-order valence-corrected chi connectivity index (χ0v) is 23.2. The van der Waals surface area contributed by atoms with Crippen LogP contribution in [-0.2, 0) is 11.2 Å². The maximum atomic E-state index is 13.5. The lowest BCUT2D eigenvalue weighted by Gasteiger charge is -2.57. The molecule has 2 aromatic carbocycles. The average Bonchev–Trinajstić information content (AvgIpc) is 2.93. The SMILES string of the molecule is Cc1ccccc1NC(=O)N1CCN(CCN(CC2=CCC3CC2C3(C)C)C(=O)Cc2ccccc2)CC1. The number of fused-ring (bicyclic) bond motifs is 1. The molecule has 1 saturated heterocycles. The second kappa shape index (κ2) is 11.3. The summed E-state index contributed by atoms with van der Waals surface area (Å²) >= 11 is 0. The van der Waals surface area contributed by atoms with E-state index in [1.165, 1.54) is 12.0 Å². The number of aryl methyl sites for hydroxylation is 1. The first-order chi connectivity index (χ1) is 18.3. The van der Waals surface area contributed by atoms with Gasteiger partial charge in [0.2, 0.25) is 5.91 Å². The van der Waals surface area contributed by atoms with Crippen LogP contribution in [0.4, 0.5) is 10.5 Å². The molecule has 2 fully saturated rings. The first-order valence-electron chi connectivity index (χ1n) is 14.2. The summed E-state index contributed by atoms with van der Waals surface area (Å²) in [6, 6.07) is 17.9. The third-order valence-corrected chi connectivity index (χ3v) is 9.24. The van der Waals surface area contributed by atoms with Crippen molar-refractivity contribution in [2.24, 2.45) is 17.3 Å². The number of hydrogen-bond donors (Lipinski definition) is 1. The lowest BCUT2D eigenvalue weighted by atomic mass is 9.49. The number of carbonyl (C=O) groups excluding carboxylic acids is 2. The highest BCUT2D eigenvalue weighted by Gasteiger charge is 2.51. The van der Waals surface area contributed by atoms with Crippen LogP contribution in [0.15, 0.2) is 66.2 Å². The van der Waals surface area contributed by atoms with Crippen LogP contribution in [0.5, 0.6) is 0 Å². The summed E-state index contributed by atoms with van der Waals surface area (Å²) in [5.41, 5.74) is 4.81. The topological polar surface area (TPSA) is 55.9 Å². The molecule has 2 bridgehead atoms. The maximum Gasteiger partial charge on any atom is 0.321 e. The Bertz CT molecular complexity index is 1170. The van der Waals surface area contributed by atoms with Gasteiger partial charge in [-0.2, -0.15) is 0 Å². The zero-order valence-electron chi connectivity index (χ0n) is 23.2. The number of nitrogens with one attached hydrogen (secondary N) is 1. The smallest absolute Gasteiger partial charge is 0.321 e. The van der Waals surface area contributed by atoms with Crippen LogP contribution < -0.4 is 5.32 Å². The highest BCUT2D eigenvalue weighted by atomic mass is 16.2. The fourth-order valence-electron chi connectivity index (χ4n) is 6.39. The Morgan fingerprint density at radius 3 is 2.39 bits per heavy atom. The number of hydrogen-bond acceptors (Lipinski definition) is 3. The van der Waals surface area contributed by atoms with E-state index in [1.807, 2.05) is 66.4 Å². The van der Waals surface area contributed by atoms with Crippen molar-refractivity contribution < 1.29 is 9.59 Å². The molecule has 0 aromatic heterocycles. The highest BCUT2D eigenvalue weighted by Crippen LogP contribution is 2.59. The third kappa shape index (κ3) is 5.80. The van der Waals surface area contributed by atoms with Gasteiger partial charge < -0.3 is 15.1 Å². The molecule has 0 radical (unpaired) electrons. The molecule has 6 heteroatoms. The molecule has 38 heavy (non-hydrogen) atoms. The second-order valence-corrected chi connectivity index (χ2v) is 11.9. The van der Waals surface area contributed by atoms with Crippen molar-refractivity contribution in [2.75, 3.05) is 51.1 Å². The molecule has 1 heterocycles. The minimum atomic E-state index is -0.0377. The van der Waals surface area contributed by atoms with Crippen LogP contribution in [0, 0.1) is 24.2 Å². The second-order valence-electron chi connectivity index (χ2n) is 11.9. The number of para-hydroxylation sites is 1. The Balaban J connectivity index is 1.17. The lowest BCUT2D eigenvalue weighted by molar-refractivity contribution is -0.130. The van der Waals surface area contributed by atoms with Crippen LogP contribution in [0.1, 0.15) is 37.8 Å².